The van der Waals surface area contributed by atoms with Gasteiger partial charge in [0.1, 0.15) is 0 Å². The fraction of sp³-hybridized carbons (Fsp3) is 0.130. The highest BCUT2D eigenvalue weighted by molar-refractivity contribution is 7.91. The Morgan fingerprint density at radius 2 is 1.27 bits per heavy atom. The molecule has 0 radical (unpaired) electrons. The van der Waals surface area contributed by atoms with Crippen LogP contribution in [-0.4, -0.2) is 36.3 Å². The van der Waals surface area contributed by atoms with Crippen LogP contribution in [0.25, 0.3) is 11.1 Å². The molecule has 0 saturated heterocycles. The number of aliphatic carboxylic acids is 2. The van der Waals surface area contributed by atoms with Crippen molar-refractivity contribution < 1.29 is 28.2 Å². The van der Waals surface area contributed by atoms with E-state index in [-0.39, 0.29) is 16.9 Å². The maximum Gasteiger partial charge on any atom is 0.330 e. The van der Waals surface area contributed by atoms with Gasteiger partial charge in [0.2, 0.25) is 0 Å². The predicted octanol–water partition coefficient (Wildman–Crippen LogP) is 4.61. The third-order valence-electron chi connectivity index (χ3n) is 3.37. The van der Waals surface area contributed by atoms with Crippen LogP contribution in [0.15, 0.2) is 96.5 Å². The van der Waals surface area contributed by atoms with E-state index in [9.17, 15) is 18.0 Å². The van der Waals surface area contributed by atoms with E-state index in [1.165, 1.54) is 19.9 Å². The van der Waals surface area contributed by atoms with Gasteiger partial charge in [0.05, 0.1) is 10.6 Å². The van der Waals surface area contributed by atoms with Crippen molar-refractivity contribution in [2.24, 2.45) is 0 Å². The van der Waals surface area contributed by atoms with Crippen molar-refractivity contribution in [2.75, 3.05) is 5.75 Å². The van der Waals surface area contributed by atoms with Crippen LogP contribution in [0.3, 0.4) is 0 Å². The summed E-state index contributed by atoms with van der Waals surface area (Å²) in [6.07, 6.45) is 1.41. The first-order valence-corrected chi connectivity index (χ1v) is 10.3. The average Bonchev–Trinajstić information content (AvgIpc) is 2.69. The lowest BCUT2D eigenvalue weighted by molar-refractivity contribution is -0.133. The van der Waals surface area contributed by atoms with Crippen LogP contribution < -0.4 is 0 Å². The summed E-state index contributed by atoms with van der Waals surface area (Å²) >= 11 is 0. The molecule has 0 aliphatic heterocycles. The molecule has 2 N–H and O–H groups in total. The summed E-state index contributed by atoms with van der Waals surface area (Å²) in [7, 11) is -3.31. The Morgan fingerprint density at radius 3 is 1.67 bits per heavy atom. The van der Waals surface area contributed by atoms with Gasteiger partial charge in [0.15, 0.2) is 9.84 Å². The molecule has 2 rings (SSSR count). The molecule has 0 fully saturated rings. The molecule has 0 heterocycles. The molecular weight excluding hydrogens is 404 g/mol. The lowest BCUT2D eigenvalue weighted by atomic mass is 10.1. The minimum Gasteiger partial charge on any atom is -0.478 e. The molecule has 0 aliphatic carbocycles. The number of carboxylic acid groups (broad SMARTS) is 2. The second-order valence-corrected chi connectivity index (χ2v) is 8.11. The second-order valence-electron chi connectivity index (χ2n) is 6.10. The fourth-order valence-electron chi connectivity index (χ4n) is 1.84. The molecule has 0 saturated carbocycles. The molecule has 0 atom stereocenters. The number of rotatable bonds is 6. The highest BCUT2D eigenvalue weighted by Gasteiger charge is 2.17. The molecule has 0 bridgehead atoms. The zero-order valence-corrected chi connectivity index (χ0v) is 17.9. The summed E-state index contributed by atoms with van der Waals surface area (Å²) in [5.41, 5.74) is 1.99. The molecule has 0 aliphatic rings. The van der Waals surface area contributed by atoms with Gasteiger partial charge in [-0.2, -0.15) is 0 Å². The monoisotopic (exact) mass is 430 g/mol. The largest absolute Gasteiger partial charge is 0.478 e. The Kier molecular flexibility index (Phi) is 11.4. The summed E-state index contributed by atoms with van der Waals surface area (Å²) in [6, 6.07) is 16.6. The topological polar surface area (TPSA) is 109 Å². The average molecular weight is 431 g/mol. The third-order valence-corrected chi connectivity index (χ3v) is 5.08. The van der Waals surface area contributed by atoms with E-state index >= 15 is 0 Å². The summed E-state index contributed by atoms with van der Waals surface area (Å²) in [4.78, 5) is 19.6. The van der Waals surface area contributed by atoms with Gasteiger partial charge >= 0.3 is 11.9 Å². The Hall–Kier alpha value is -3.45. The summed E-state index contributed by atoms with van der Waals surface area (Å²) in [5.74, 6) is -1.92. The first-order chi connectivity index (χ1) is 13.9. The second kappa shape index (κ2) is 12.9. The van der Waals surface area contributed by atoms with Gasteiger partial charge in [-0.25, -0.2) is 18.0 Å². The lowest BCUT2D eigenvalue weighted by Crippen LogP contribution is -2.06. The molecule has 0 unspecified atom stereocenters. The maximum atomic E-state index is 12.2. The number of hydrogen-bond acceptors (Lipinski definition) is 4. The van der Waals surface area contributed by atoms with E-state index in [0.717, 1.165) is 11.1 Å². The molecule has 7 heteroatoms. The quantitative estimate of drug-likeness (QED) is 0.512. The van der Waals surface area contributed by atoms with Crippen LogP contribution in [-0.2, 0) is 19.4 Å². The Bertz CT molecular complexity index is 957. The van der Waals surface area contributed by atoms with Crippen LogP contribution in [0.4, 0.5) is 0 Å². The molecule has 2 aromatic rings. The van der Waals surface area contributed by atoms with Crippen molar-refractivity contribution >= 4 is 21.8 Å². The highest BCUT2D eigenvalue weighted by Crippen LogP contribution is 2.27. The van der Waals surface area contributed by atoms with E-state index < -0.39 is 21.8 Å². The van der Waals surface area contributed by atoms with Crippen molar-refractivity contribution in [3.05, 3.63) is 91.6 Å². The molecule has 160 valence electrons. The van der Waals surface area contributed by atoms with Gasteiger partial charge in [0, 0.05) is 16.7 Å². The van der Waals surface area contributed by atoms with Gasteiger partial charge in [-0.15, -0.1) is 6.58 Å². The maximum absolute atomic E-state index is 12.2. The van der Waals surface area contributed by atoms with Gasteiger partial charge in [-0.05, 0) is 25.5 Å². The Labute approximate surface area is 177 Å². The number of carboxylic acids is 2. The number of hydrogen-bond donors (Lipinski definition) is 2. The van der Waals surface area contributed by atoms with E-state index in [1.54, 1.807) is 12.1 Å². The van der Waals surface area contributed by atoms with E-state index in [4.69, 9.17) is 10.2 Å². The minimum atomic E-state index is -3.31. The normalized spacial score (nSPS) is 9.67. The molecule has 30 heavy (non-hydrogen) atoms. The first kappa shape index (κ1) is 26.6. The smallest absolute Gasteiger partial charge is 0.330 e. The predicted molar refractivity (Wildman–Crippen MR) is 119 cm³/mol. The van der Waals surface area contributed by atoms with Crippen molar-refractivity contribution in [1.29, 1.82) is 0 Å². The fourth-order valence-corrected chi connectivity index (χ4v) is 3.14. The van der Waals surface area contributed by atoms with Crippen LogP contribution in [0.5, 0.6) is 0 Å². The zero-order chi connectivity index (χ0) is 23.3. The molecule has 0 aromatic heterocycles. The van der Waals surface area contributed by atoms with Gasteiger partial charge in [-0.3, -0.25) is 0 Å². The van der Waals surface area contributed by atoms with Crippen molar-refractivity contribution in [3.8, 4) is 11.1 Å². The first-order valence-electron chi connectivity index (χ1n) is 8.69. The van der Waals surface area contributed by atoms with Crippen LogP contribution in [0.2, 0.25) is 0 Å². The van der Waals surface area contributed by atoms with Gasteiger partial charge in [-0.1, -0.05) is 67.8 Å². The molecule has 0 spiro atoms. The lowest BCUT2D eigenvalue weighted by Gasteiger charge is -2.09. The van der Waals surface area contributed by atoms with Crippen LogP contribution in [0.1, 0.15) is 13.8 Å². The zero-order valence-electron chi connectivity index (χ0n) is 17.0. The minimum absolute atomic E-state index is 0.0448. The Balaban J connectivity index is 0.000000580. The standard InChI is InChI=1S/C15H14O2S.2C4H6O2/c1-2-12-18(16,17)15-11-7-6-10-14(15)13-8-4-3-5-9-13;2*1-3(2)4(5)6/h2-11H,1,12H2;2*1H2,2H3,(H,5,6). The number of benzene rings is 2. The summed E-state index contributed by atoms with van der Waals surface area (Å²) in [5, 5.41) is 15.8. The number of sulfone groups is 1. The van der Waals surface area contributed by atoms with Crippen LogP contribution in [0, 0.1) is 0 Å². The van der Waals surface area contributed by atoms with Crippen LogP contribution >= 0.6 is 0 Å². The van der Waals surface area contributed by atoms with Gasteiger partial charge < -0.3 is 10.2 Å². The highest BCUT2D eigenvalue weighted by atomic mass is 32.2. The van der Waals surface area contributed by atoms with E-state index in [1.807, 2.05) is 42.5 Å². The van der Waals surface area contributed by atoms with Crippen molar-refractivity contribution in [1.82, 2.24) is 0 Å². The molecular formula is C23H26O6S. The SMILES string of the molecule is C=C(C)C(=O)O.C=C(C)C(=O)O.C=CCS(=O)(=O)c1ccccc1-c1ccccc1. The van der Waals surface area contributed by atoms with E-state index in [2.05, 4.69) is 19.7 Å². The molecule has 0 amide bonds. The van der Waals surface area contributed by atoms with Gasteiger partial charge in [0.25, 0.3) is 0 Å². The van der Waals surface area contributed by atoms with Crippen molar-refractivity contribution in [2.45, 2.75) is 18.7 Å². The van der Waals surface area contributed by atoms with E-state index in [0.29, 0.717) is 4.90 Å². The summed E-state index contributed by atoms with van der Waals surface area (Å²) < 4.78 is 24.3. The number of carbonyl (C=O) groups is 2. The third kappa shape index (κ3) is 9.66. The molecule has 6 nitrogen and oxygen atoms in total. The summed E-state index contributed by atoms with van der Waals surface area (Å²) in [6.45, 7) is 12.7. The Morgan fingerprint density at radius 1 is 0.867 bits per heavy atom. The molecule has 2 aromatic carbocycles. The van der Waals surface area contributed by atoms with Crippen molar-refractivity contribution in [3.63, 3.8) is 0 Å².